The van der Waals surface area contributed by atoms with Crippen molar-refractivity contribution in [3.05, 3.63) is 75.8 Å². The van der Waals surface area contributed by atoms with E-state index in [1.54, 1.807) is 12.1 Å². The van der Waals surface area contributed by atoms with Crippen molar-refractivity contribution in [2.45, 2.75) is 27.3 Å². The van der Waals surface area contributed by atoms with Gasteiger partial charge in [-0.05, 0) is 68.4 Å². The fraction of sp³-hybridized carbons (Fsp3) is 0.200. The van der Waals surface area contributed by atoms with Gasteiger partial charge in [0.15, 0.2) is 5.11 Å². The van der Waals surface area contributed by atoms with Gasteiger partial charge in [0, 0.05) is 10.7 Å². The van der Waals surface area contributed by atoms with Crippen LogP contribution in [0.5, 0.6) is 0 Å². The Morgan fingerprint density at radius 2 is 1.81 bits per heavy atom. The van der Waals surface area contributed by atoms with Crippen LogP contribution < -0.4 is 10.6 Å². The molecular weight excluding hydrogens is 383 g/mol. The van der Waals surface area contributed by atoms with E-state index in [4.69, 9.17) is 23.8 Å². The molecule has 1 aromatic heterocycles. The Hall–Kier alpha value is -2.44. The molecule has 0 unspecified atom stereocenters. The van der Waals surface area contributed by atoms with Crippen molar-refractivity contribution < 1.29 is 4.39 Å². The van der Waals surface area contributed by atoms with Crippen molar-refractivity contribution in [3.63, 3.8) is 0 Å². The predicted octanol–water partition coefficient (Wildman–Crippen LogP) is 5.46. The van der Waals surface area contributed by atoms with Crippen LogP contribution in [0.3, 0.4) is 0 Å². The second-order valence-electron chi connectivity index (χ2n) is 6.37. The molecule has 27 heavy (non-hydrogen) atoms. The number of rotatable bonds is 4. The Kier molecular flexibility index (Phi) is 5.77. The lowest BCUT2D eigenvalue weighted by molar-refractivity contribution is 0.622. The Morgan fingerprint density at radius 3 is 2.48 bits per heavy atom. The van der Waals surface area contributed by atoms with E-state index in [-0.39, 0.29) is 5.82 Å². The number of nitrogens with zero attached hydrogens (tertiary/aromatic N) is 2. The van der Waals surface area contributed by atoms with E-state index < -0.39 is 0 Å². The van der Waals surface area contributed by atoms with Gasteiger partial charge in [0.25, 0.3) is 0 Å². The molecule has 7 heteroatoms. The van der Waals surface area contributed by atoms with Crippen molar-refractivity contribution in [1.82, 2.24) is 9.78 Å². The number of anilines is 2. The molecule has 3 aromatic rings. The van der Waals surface area contributed by atoms with Crippen LogP contribution >= 0.6 is 23.8 Å². The van der Waals surface area contributed by atoms with Crippen LogP contribution in [-0.4, -0.2) is 14.9 Å². The highest BCUT2D eigenvalue weighted by Gasteiger charge is 2.13. The second kappa shape index (κ2) is 8.06. The molecular formula is C20H20ClFN4S. The first-order valence-corrected chi connectivity index (χ1v) is 9.24. The molecule has 3 rings (SSSR count). The monoisotopic (exact) mass is 402 g/mol. The first-order chi connectivity index (χ1) is 12.8. The molecule has 0 bridgehead atoms. The minimum absolute atomic E-state index is 0.248. The summed E-state index contributed by atoms with van der Waals surface area (Å²) in [7, 11) is 0. The molecule has 0 saturated carbocycles. The topological polar surface area (TPSA) is 41.9 Å². The predicted molar refractivity (Wildman–Crippen MR) is 113 cm³/mol. The van der Waals surface area contributed by atoms with E-state index in [9.17, 15) is 4.39 Å². The van der Waals surface area contributed by atoms with E-state index in [0.29, 0.717) is 16.7 Å². The zero-order chi connectivity index (χ0) is 19.6. The first-order valence-electron chi connectivity index (χ1n) is 8.46. The molecule has 0 saturated heterocycles. The van der Waals surface area contributed by atoms with Crippen LogP contribution in [0.4, 0.5) is 15.8 Å². The maximum Gasteiger partial charge on any atom is 0.175 e. The lowest BCUT2D eigenvalue weighted by Gasteiger charge is -2.12. The SMILES string of the molecule is Cc1ccc(NC(=S)Nc2c(C)nn(Cc3ccc(F)cc3)c2C)cc1Cl. The van der Waals surface area contributed by atoms with E-state index >= 15 is 0 Å². The highest BCUT2D eigenvalue weighted by atomic mass is 35.5. The van der Waals surface area contributed by atoms with Gasteiger partial charge < -0.3 is 10.6 Å². The van der Waals surface area contributed by atoms with Gasteiger partial charge in [-0.3, -0.25) is 4.68 Å². The largest absolute Gasteiger partial charge is 0.332 e. The molecule has 140 valence electrons. The fourth-order valence-electron chi connectivity index (χ4n) is 2.74. The van der Waals surface area contributed by atoms with Gasteiger partial charge in [0.05, 0.1) is 23.6 Å². The number of hydrogen-bond donors (Lipinski definition) is 2. The highest BCUT2D eigenvalue weighted by molar-refractivity contribution is 7.80. The number of thiocarbonyl (C=S) groups is 1. The van der Waals surface area contributed by atoms with Gasteiger partial charge in [-0.15, -0.1) is 0 Å². The molecule has 4 nitrogen and oxygen atoms in total. The minimum atomic E-state index is -0.248. The molecule has 2 aromatic carbocycles. The van der Waals surface area contributed by atoms with Crippen LogP contribution in [0.25, 0.3) is 0 Å². The summed E-state index contributed by atoms with van der Waals surface area (Å²) in [6.45, 7) is 6.40. The Bertz CT molecular complexity index is 982. The maximum atomic E-state index is 13.1. The Balaban J connectivity index is 1.72. The molecule has 0 fully saturated rings. The lowest BCUT2D eigenvalue weighted by Crippen LogP contribution is -2.20. The molecule has 1 heterocycles. The molecule has 2 N–H and O–H groups in total. The van der Waals surface area contributed by atoms with Crippen molar-refractivity contribution in [1.29, 1.82) is 0 Å². The minimum Gasteiger partial charge on any atom is -0.332 e. The van der Waals surface area contributed by atoms with Crippen LogP contribution in [-0.2, 0) is 6.54 Å². The summed E-state index contributed by atoms with van der Waals surface area (Å²) in [5.41, 5.74) is 5.44. The molecule has 0 aliphatic heterocycles. The molecule has 0 spiro atoms. The summed E-state index contributed by atoms with van der Waals surface area (Å²) in [6.07, 6.45) is 0. The molecule has 0 atom stereocenters. The molecule has 0 amide bonds. The third kappa shape index (κ3) is 4.64. The van der Waals surface area contributed by atoms with Crippen molar-refractivity contribution in [3.8, 4) is 0 Å². The normalized spacial score (nSPS) is 10.7. The summed E-state index contributed by atoms with van der Waals surface area (Å²) in [6, 6.07) is 12.1. The zero-order valence-corrected chi connectivity index (χ0v) is 16.9. The number of aromatic nitrogens is 2. The summed E-state index contributed by atoms with van der Waals surface area (Å²) >= 11 is 11.6. The van der Waals surface area contributed by atoms with Crippen LogP contribution in [0.2, 0.25) is 5.02 Å². The third-order valence-electron chi connectivity index (χ3n) is 4.30. The number of hydrogen-bond acceptors (Lipinski definition) is 2. The van der Waals surface area contributed by atoms with Crippen LogP contribution in [0.1, 0.15) is 22.5 Å². The molecule has 0 aliphatic rings. The Labute approximate surface area is 168 Å². The highest BCUT2D eigenvalue weighted by Crippen LogP contribution is 2.23. The maximum absolute atomic E-state index is 13.1. The average molecular weight is 403 g/mol. The van der Waals surface area contributed by atoms with E-state index in [0.717, 1.165) is 33.9 Å². The fourth-order valence-corrected chi connectivity index (χ4v) is 3.14. The van der Waals surface area contributed by atoms with Crippen molar-refractivity contribution in [2.75, 3.05) is 10.6 Å². The first kappa shape index (κ1) is 19.3. The smallest absolute Gasteiger partial charge is 0.175 e. The standard InChI is InChI=1S/C20H20ClFN4S/c1-12-4-9-17(10-18(12)21)23-20(27)24-19-13(2)25-26(14(19)3)11-15-5-7-16(22)8-6-15/h4-10H,11H2,1-3H3,(H2,23,24,27). The van der Waals surface area contributed by atoms with Gasteiger partial charge in [-0.2, -0.15) is 5.10 Å². The summed E-state index contributed by atoms with van der Waals surface area (Å²) < 4.78 is 15.0. The van der Waals surface area contributed by atoms with Gasteiger partial charge in [0.2, 0.25) is 0 Å². The zero-order valence-electron chi connectivity index (χ0n) is 15.3. The van der Waals surface area contributed by atoms with Crippen molar-refractivity contribution >= 4 is 40.3 Å². The number of halogens is 2. The molecule has 0 aliphatic carbocycles. The lowest BCUT2D eigenvalue weighted by atomic mass is 10.2. The number of aryl methyl sites for hydroxylation is 2. The van der Waals surface area contributed by atoms with Gasteiger partial charge in [-0.25, -0.2) is 4.39 Å². The molecule has 0 radical (unpaired) electrons. The third-order valence-corrected chi connectivity index (χ3v) is 4.91. The van der Waals surface area contributed by atoms with Crippen LogP contribution in [0.15, 0.2) is 42.5 Å². The Morgan fingerprint density at radius 1 is 1.11 bits per heavy atom. The number of nitrogens with one attached hydrogen (secondary N) is 2. The van der Waals surface area contributed by atoms with Gasteiger partial charge in [0.1, 0.15) is 5.82 Å². The van der Waals surface area contributed by atoms with E-state index in [1.165, 1.54) is 12.1 Å². The van der Waals surface area contributed by atoms with Crippen molar-refractivity contribution in [2.24, 2.45) is 0 Å². The average Bonchev–Trinajstić information content (AvgIpc) is 2.87. The quantitative estimate of drug-likeness (QED) is 0.569. The summed E-state index contributed by atoms with van der Waals surface area (Å²) in [4.78, 5) is 0. The number of benzene rings is 2. The summed E-state index contributed by atoms with van der Waals surface area (Å²) in [5.74, 6) is -0.248. The van der Waals surface area contributed by atoms with Gasteiger partial charge in [-0.1, -0.05) is 29.8 Å². The second-order valence-corrected chi connectivity index (χ2v) is 7.19. The van der Waals surface area contributed by atoms with Crippen LogP contribution in [0, 0.1) is 26.6 Å². The van der Waals surface area contributed by atoms with Gasteiger partial charge >= 0.3 is 0 Å². The summed E-state index contributed by atoms with van der Waals surface area (Å²) in [5, 5.41) is 12.1. The van der Waals surface area contributed by atoms with E-state index in [2.05, 4.69) is 15.7 Å². The van der Waals surface area contributed by atoms with E-state index in [1.807, 2.05) is 43.7 Å².